The van der Waals surface area contributed by atoms with Gasteiger partial charge in [0.1, 0.15) is 11.5 Å². The van der Waals surface area contributed by atoms with Gasteiger partial charge in [0.25, 0.3) is 5.78 Å². The van der Waals surface area contributed by atoms with E-state index in [0.29, 0.717) is 21.9 Å². The van der Waals surface area contributed by atoms with Crippen LogP contribution < -0.4 is 4.74 Å². The lowest BCUT2D eigenvalue weighted by atomic mass is 9.96. The van der Waals surface area contributed by atoms with E-state index in [4.69, 9.17) is 32.7 Å². The van der Waals surface area contributed by atoms with E-state index in [1.807, 2.05) is 0 Å². The maximum atomic E-state index is 12.2. The minimum Gasteiger partial charge on any atom is -0.507 e. The normalized spacial score (nSPS) is 18.9. The molecule has 3 rings (SSSR count). The second-order valence-corrected chi connectivity index (χ2v) is 6.11. The van der Waals surface area contributed by atoms with Crippen molar-refractivity contribution >= 4 is 40.7 Å². The van der Waals surface area contributed by atoms with Crippen LogP contribution in [0.2, 0.25) is 10.0 Å². The number of aliphatic hydroxyl groups excluding tert-OH is 1. The molecule has 0 saturated carbocycles. The van der Waals surface area contributed by atoms with Gasteiger partial charge in [0.05, 0.1) is 12.7 Å². The highest BCUT2D eigenvalue weighted by atomic mass is 35.5. The molecule has 2 aromatic carbocycles. The smallest absolute Gasteiger partial charge is 0.380 e. The molecule has 1 heterocycles. The Hall–Kier alpha value is -2.50. The summed E-state index contributed by atoms with van der Waals surface area (Å²) in [6.45, 7) is 0. The molecular weight excluding hydrogens is 367 g/mol. The van der Waals surface area contributed by atoms with Crippen LogP contribution in [0, 0.1) is 0 Å². The highest BCUT2D eigenvalue weighted by molar-refractivity contribution is 6.44. The number of methoxy groups -OCH3 is 1. The summed E-state index contributed by atoms with van der Waals surface area (Å²) in [6, 6.07) is 11.0. The summed E-state index contributed by atoms with van der Waals surface area (Å²) in [6.07, 6.45) is -1.10. The summed E-state index contributed by atoms with van der Waals surface area (Å²) >= 11 is 12.0. The molecule has 1 saturated heterocycles. The Bertz CT molecular complexity index is 887. The fourth-order valence-corrected chi connectivity index (χ4v) is 3.03. The molecule has 0 spiro atoms. The number of benzene rings is 2. The summed E-state index contributed by atoms with van der Waals surface area (Å²) in [5.74, 6) is -1.73. The van der Waals surface area contributed by atoms with Gasteiger partial charge in [-0.05, 0) is 36.4 Å². The van der Waals surface area contributed by atoms with Crippen molar-refractivity contribution in [3.63, 3.8) is 0 Å². The third kappa shape index (κ3) is 3.21. The highest BCUT2D eigenvalue weighted by Crippen LogP contribution is 2.40. The van der Waals surface area contributed by atoms with E-state index in [2.05, 4.69) is 0 Å². The predicted molar refractivity (Wildman–Crippen MR) is 92.8 cm³/mol. The number of halogens is 2. The Labute approximate surface area is 153 Å². The summed E-state index contributed by atoms with van der Waals surface area (Å²) in [7, 11) is 1.51. The zero-order valence-corrected chi connectivity index (χ0v) is 14.5. The number of hydrogen-bond donors (Lipinski definition) is 1. The maximum absolute atomic E-state index is 12.2. The van der Waals surface area contributed by atoms with Crippen molar-refractivity contribution in [2.45, 2.75) is 6.10 Å². The number of ether oxygens (including phenoxy) is 2. The second-order valence-electron chi connectivity index (χ2n) is 5.27. The van der Waals surface area contributed by atoms with Crippen molar-refractivity contribution in [2.24, 2.45) is 0 Å². The van der Waals surface area contributed by atoms with Gasteiger partial charge in [-0.25, -0.2) is 4.79 Å². The van der Waals surface area contributed by atoms with E-state index >= 15 is 0 Å². The van der Waals surface area contributed by atoms with Gasteiger partial charge >= 0.3 is 5.97 Å². The van der Waals surface area contributed by atoms with Gasteiger partial charge in [-0.15, -0.1) is 0 Å². The van der Waals surface area contributed by atoms with E-state index in [0.717, 1.165) is 0 Å². The Kier molecular flexibility index (Phi) is 4.70. The van der Waals surface area contributed by atoms with Gasteiger partial charge in [-0.1, -0.05) is 29.3 Å². The molecule has 0 aliphatic carbocycles. The first-order valence-corrected chi connectivity index (χ1v) is 7.95. The molecule has 0 aromatic heterocycles. The minimum atomic E-state index is -1.10. The summed E-state index contributed by atoms with van der Waals surface area (Å²) in [4.78, 5) is 24.0. The van der Waals surface area contributed by atoms with Crippen molar-refractivity contribution in [3.05, 3.63) is 69.2 Å². The van der Waals surface area contributed by atoms with Crippen LogP contribution in [0.25, 0.3) is 5.76 Å². The van der Waals surface area contributed by atoms with Gasteiger partial charge < -0.3 is 14.6 Å². The molecule has 0 amide bonds. The molecule has 1 atom stereocenters. The average molecular weight is 379 g/mol. The van der Waals surface area contributed by atoms with E-state index in [1.54, 1.807) is 36.4 Å². The van der Waals surface area contributed by atoms with Crippen LogP contribution in [0.5, 0.6) is 5.75 Å². The largest absolute Gasteiger partial charge is 0.507 e. The Morgan fingerprint density at radius 2 is 1.80 bits per heavy atom. The van der Waals surface area contributed by atoms with Crippen molar-refractivity contribution in [3.8, 4) is 5.75 Å². The topological polar surface area (TPSA) is 72.8 Å². The van der Waals surface area contributed by atoms with Crippen molar-refractivity contribution in [2.75, 3.05) is 7.11 Å². The minimum absolute atomic E-state index is 0.167. The lowest BCUT2D eigenvalue weighted by Crippen LogP contribution is -2.08. The van der Waals surface area contributed by atoms with Crippen LogP contribution in [0.3, 0.4) is 0 Å². The zero-order valence-electron chi connectivity index (χ0n) is 13.0. The molecule has 128 valence electrons. The van der Waals surface area contributed by atoms with Gasteiger partial charge in [-0.2, -0.15) is 0 Å². The fraction of sp³-hybridized carbons (Fsp3) is 0.111. The Morgan fingerprint density at radius 1 is 1.12 bits per heavy atom. The molecule has 7 heteroatoms. The molecule has 1 aliphatic rings. The van der Waals surface area contributed by atoms with E-state index < -0.39 is 17.9 Å². The lowest BCUT2D eigenvalue weighted by Gasteiger charge is -2.14. The maximum Gasteiger partial charge on any atom is 0.380 e. The number of aliphatic hydroxyl groups is 1. The van der Waals surface area contributed by atoms with E-state index in [-0.39, 0.29) is 16.4 Å². The standard InChI is InChI=1S/C18H12Cl2O5/c1-24-11-5-2-9(3-6-11)15(21)14-16(22)18(23)25-17(14)12-7-4-10(19)8-13(12)20/h2-8,17,21H,1H3/t17-/m1/s1. The molecule has 0 radical (unpaired) electrons. The van der Waals surface area contributed by atoms with E-state index in [1.165, 1.54) is 13.2 Å². The van der Waals surface area contributed by atoms with Crippen LogP contribution in [-0.2, 0) is 14.3 Å². The number of ketones is 1. The van der Waals surface area contributed by atoms with Gasteiger partial charge in [-0.3, -0.25) is 4.79 Å². The first kappa shape index (κ1) is 17.3. The quantitative estimate of drug-likeness (QED) is 0.376. The van der Waals surface area contributed by atoms with Crippen LogP contribution >= 0.6 is 23.2 Å². The molecule has 25 heavy (non-hydrogen) atoms. The summed E-state index contributed by atoms with van der Waals surface area (Å²) < 4.78 is 10.2. The summed E-state index contributed by atoms with van der Waals surface area (Å²) in [5.41, 5.74) is 0.539. The first-order valence-electron chi connectivity index (χ1n) is 7.20. The number of esters is 1. The van der Waals surface area contributed by atoms with Crippen molar-refractivity contribution < 1.29 is 24.2 Å². The first-order chi connectivity index (χ1) is 11.9. The highest BCUT2D eigenvalue weighted by Gasteiger charge is 2.43. The van der Waals surface area contributed by atoms with Crippen LogP contribution in [0.4, 0.5) is 0 Å². The summed E-state index contributed by atoms with van der Waals surface area (Å²) in [5, 5.41) is 11.2. The van der Waals surface area contributed by atoms with Crippen LogP contribution in [-0.4, -0.2) is 24.0 Å². The number of rotatable bonds is 3. The van der Waals surface area contributed by atoms with Crippen LogP contribution in [0.15, 0.2) is 48.0 Å². The van der Waals surface area contributed by atoms with Gasteiger partial charge in [0.2, 0.25) is 0 Å². The number of cyclic esters (lactones) is 1. The number of Topliss-reactive ketones (excluding diaryl/α,β-unsaturated/α-hetero) is 1. The molecular formula is C18H12Cl2O5. The van der Waals surface area contributed by atoms with Crippen LogP contribution in [0.1, 0.15) is 17.2 Å². The van der Waals surface area contributed by atoms with Gasteiger partial charge in [0, 0.05) is 21.2 Å². The molecule has 2 aromatic rings. The van der Waals surface area contributed by atoms with Gasteiger partial charge in [0.15, 0.2) is 6.10 Å². The number of hydrogen-bond acceptors (Lipinski definition) is 5. The third-order valence-electron chi connectivity index (χ3n) is 3.78. The fourth-order valence-electron chi connectivity index (χ4n) is 2.52. The Morgan fingerprint density at radius 3 is 2.40 bits per heavy atom. The molecule has 1 N–H and O–H groups in total. The number of carbonyl (C=O) groups excluding carboxylic acids is 2. The lowest BCUT2D eigenvalue weighted by molar-refractivity contribution is -0.149. The molecule has 1 aliphatic heterocycles. The zero-order chi connectivity index (χ0) is 18.1. The SMILES string of the molecule is COc1ccc(C(O)=C2C(=O)C(=O)O[C@@H]2c2ccc(Cl)cc2Cl)cc1. The monoisotopic (exact) mass is 378 g/mol. The van der Waals surface area contributed by atoms with E-state index in [9.17, 15) is 14.7 Å². The Balaban J connectivity index is 2.11. The number of carbonyl (C=O) groups is 2. The average Bonchev–Trinajstić information content (AvgIpc) is 2.89. The predicted octanol–water partition coefficient (Wildman–Crippen LogP) is 4.14. The molecule has 0 unspecified atom stereocenters. The molecule has 5 nitrogen and oxygen atoms in total. The third-order valence-corrected chi connectivity index (χ3v) is 4.34. The molecule has 1 fully saturated rings. The van der Waals surface area contributed by atoms with Crippen molar-refractivity contribution in [1.82, 2.24) is 0 Å². The van der Waals surface area contributed by atoms with Crippen molar-refractivity contribution in [1.29, 1.82) is 0 Å². The molecule has 0 bridgehead atoms. The second kappa shape index (κ2) is 6.78.